The fourth-order valence-electron chi connectivity index (χ4n) is 11.5. The molecule has 3 aliphatic heterocycles. The Bertz CT molecular complexity index is 3860. The van der Waals surface area contributed by atoms with Gasteiger partial charge in [0.05, 0.1) is 45.5 Å². The van der Waals surface area contributed by atoms with E-state index in [0.29, 0.717) is 0 Å². The molecule has 0 saturated heterocycles. The van der Waals surface area contributed by atoms with Gasteiger partial charge in [0.25, 0.3) is 0 Å². The van der Waals surface area contributed by atoms with Crippen molar-refractivity contribution >= 4 is 106 Å². The van der Waals surface area contributed by atoms with Gasteiger partial charge in [-0.15, -0.1) is 10.5 Å². The molecule has 322 valence electrons. The van der Waals surface area contributed by atoms with E-state index < -0.39 is 0 Å². The number of benzene rings is 11. The number of para-hydroxylation sites is 8. The van der Waals surface area contributed by atoms with Gasteiger partial charge in [-0.25, -0.2) is 0 Å². The van der Waals surface area contributed by atoms with Gasteiger partial charge >= 0.3 is 0 Å². The van der Waals surface area contributed by atoms with Crippen molar-refractivity contribution in [3.63, 3.8) is 0 Å². The maximum atomic E-state index is 4.70. The van der Waals surface area contributed by atoms with Gasteiger partial charge in [0.1, 0.15) is 0 Å². The number of hydrogen-bond acceptors (Lipinski definition) is 4. The summed E-state index contributed by atoms with van der Waals surface area (Å²) in [7, 11) is 4.10. The lowest BCUT2D eigenvalue weighted by Gasteiger charge is -2.39. The molecule has 4 nitrogen and oxygen atoms in total. The van der Waals surface area contributed by atoms with Crippen LogP contribution in [0.4, 0.5) is 56.9 Å². The lowest BCUT2D eigenvalue weighted by atomic mass is 9.83. The molecule has 0 bridgehead atoms. The molecule has 0 radical (unpaired) electrons. The summed E-state index contributed by atoms with van der Waals surface area (Å²) in [5.74, 6) is 4.70. The molecule has 1 atom stereocenters. The highest BCUT2D eigenvalue weighted by Gasteiger charge is 2.31. The number of nitrogens with zero attached hydrogens (tertiary/aromatic N) is 4. The number of rotatable bonds is 4. The van der Waals surface area contributed by atoms with Gasteiger partial charge in [-0.3, -0.25) is 0 Å². The summed E-state index contributed by atoms with van der Waals surface area (Å²) in [6, 6.07) is 81.1. The first kappa shape index (κ1) is 38.8. The highest BCUT2D eigenvalue weighted by molar-refractivity contribution is 8.14. The third kappa shape index (κ3) is 5.54. The van der Waals surface area contributed by atoms with E-state index in [-0.39, 0.29) is 10.5 Å². The predicted octanol–water partition coefficient (Wildman–Crippen LogP) is 17.7. The molecule has 0 fully saturated rings. The molecule has 0 N–H and O–H groups in total. The molecule has 1 unspecified atom stereocenters. The molecule has 5 heteroatoms. The molecule has 0 spiro atoms. The van der Waals surface area contributed by atoms with E-state index in [1.54, 1.807) is 0 Å². The van der Waals surface area contributed by atoms with Crippen molar-refractivity contribution in [1.82, 2.24) is 0 Å². The molecule has 3 aliphatic rings. The smallest absolute Gasteiger partial charge is 0.0699 e. The van der Waals surface area contributed by atoms with E-state index in [4.69, 9.17) is 5.87 Å². The fraction of sp³-hybridized carbons (Fsp3) is 0.0317. The summed E-state index contributed by atoms with van der Waals surface area (Å²) in [6.07, 6.45) is 0. The van der Waals surface area contributed by atoms with Crippen molar-refractivity contribution in [2.75, 3.05) is 33.7 Å². The lowest BCUT2D eigenvalue weighted by Crippen LogP contribution is -2.24. The Hall–Kier alpha value is -8.38. The van der Waals surface area contributed by atoms with Gasteiger partial charge in [0.15, 0.2) is 0 Å². The first-order chi connectivity index (χ1) is 33.5. The average Bonchev–Trinajstić information content (AvgIpc) is 3.68. The van der Waals surface area contributed by atoms with Crippen molar-refractivity contribution in [3.05, 3.63) is 218 Å². The van der Waals surface area contributed by atoms with Crippen molar-refractivity contribution in [3.8, 4) is 33.4 Å². The monoisotopic (exact) mass is 888 g/mol. The van der Waals surface area contributed by atoms with Crippen LogP contribution in [0.5, 0.6) is 0 Å². The van der Waals surface area contributed by atoms with Crippen LogP contribution in [0.25, 0.3) is 65.7 Å². The predicted molar refractivity (Wildman–Crippen MR) is 292 cm³/mol. The van der Waals surface area contributed by atoms with Gasteiger partial charge in [-0.1, -0.05) is 133 Å². The van der Waals surface area contributed by atoms with Crippen LogP contribution >= 0.6 is 10.5 Å². The third-order valence-corrected chi connectivity index (χ3v) is 16.3. The Morgan fingerprint density at radius 1 is 0.324 bits per heavy atom. The van der Waals surface area contributed by atoms with Crippen LogP contribution in [-0.2, 0) is 0 Å². The second kappa shape index (κ2) is 14.8. The summed E-state index contributed by atoms with van der Waals surface area (Å²) < 4.78 is 0. The van der Waals surface area contributed by atoms with Crippen molar-refractivity contribution in [2.45, 2.75) is 9.79 Å². The zero-order valence-corrected chi connectivity index (χ0v) is 38.5. The summed E-state index contributed by atoms with van der Waals surface area (Å²) in [6.45, 7) is 0. The van der Waals surface area contributed by atoms with Crippen LogP contribution in [0.3, 0.4) is 0 Å². The second-order valence-corrected chi connectivity index (χ2v) is 19.7. The van der Waals surface area contributed by atoms with Gasteiger partial charge in [0.2, 0.25) is 0 Å². The topological polar surface area (TPSA) is 13.0 Å². The molecule has 14 rings (SSSR count). The molecule has 11 aromatic rings. The van der Waals surface area contributed by atoms with Crippen LogP contribution in [-0.4, -0.2) is 20.0 Å². The molecule has 0 amide bonds. The molecular weight excluding hydrogens is 845 g/mol. The lowest BCUT2D eigenvalue weighted by molar-refractivity contribution is 1.13. The second-order valence-electron chi connectivity index (χ2n) is 18.1. The van der Waals surface area contributed by atoms with Gasteiger partial charge in [-0.2, -0.15) is 0 Å². The van der Waals surface area contributed by atoms with E-state index in [1.165, 1.54) is 98.2 Å². The first-order valence-corrected chi connectivity index (χ1v) is 24.6. The zero-order valence-electron chi connectivity index (χ0n) is 37.7. The highest BCUT2D eigenvalue weighted by atomic mass is 32.2. The van der Waals surface area contributed by atoms with E-state index in [9.17, 15) is 0 Å². The van der Waals surface area contributed by atoms with Crippen LogP contribution < -0.4 is 19.6 Å². The highest BCUT2D eigenvalue weighted by Crippen LogP contribution is 2.57. The molecular formula is C63H44N4S. The Kier molecular flexibility index (Phi) is 8.46. The summed E-state index contributed by atoms with van der Waals surface area (Å²) in [5.41, 5.74) is 18.9. The first-order valence-electron chi connectivity index (χ1n) is 23.2. The van der Waals surface area contributed by atoms with Crippen LogP contribution in [0.1, 0.15) is 0 Å². The minimum Gasteiger partial charge on any atom is -0.341 e. The van der Waals surface area contributed by atoms with Crippen LogP contribution in [0.15, 0.2) is 228 Å². The van der Waals surface area contributed by atoms with Crippen LogP contribution in [0, 0.1) is 0 Å². The Morgan fingerprint density at radius 3 is 1.35 bits per heavy atom. The van der Waals surface area contributed by atoms with E-state index in [1.807, 2.05) is 0 Å². The van der Waals surface area contributed by atoms with E-state index in [2.05, 4.69) is 252 Å². The Balaban J connectivity index is 1.12. The van der Waals surface area contributed by atoms with Crippen molar-refractivity contribution in [2.24, 2.45) is 0 Å². The van der Waals surface area contributed by atoms with Gasteiger partial charge in [-0.05, 0) is 157 Å². The summed E-state index contributed by atoms with van der Waals surface area (Å²) in [4.78, 5) is 12.1. The SMILES string of the molecule is C=S1c2ccccc2-c2cc(-c3c4cc(N5c6ccccc6N(C)c6ccccc65)ccc4c(-c4cccc5ccccc45)c4cc(N5c6ccccc6N(C)c6ccccc65)ccc34)ccc21. The maximum Gasteiger partial charge on any atom is 0.0699 e. The normalized spacial score (nSPS) is 14.4. The Labute approximate surface area is 398 Å². The molecule has 0 aromatic heterocycles. The average molecular weight is 889 g/mol. The third-order valence-electron chi connectivity index (χ3n) is 14.6. The number of anilines is 10. The fourth-order valence-corrected chi connectivity index (χ4v) is 13.1. The standard InChI is InChI=1S/C63H44N4S/c1-64-52-22-7-11-26-56(52)66(57-27-12-8-23-53(57)64)42-33-35-48-50(38-42)62(41-31-36-61-49(37-41)45-20-6-15-30-60(45)68(61)3)47-34-32-43(39-51(47)63(48)46-21-16-18-40-17-4-5-19-44(40)46)67-58-28-13-9-24-54(58)65(2)55-25-10-14-29-59(55)67/h4-39H,3H2,1-2H3. The van der Waals surface area contributed by atoms with Crippen LogP contribution in [0.2, 0.25) is 0 Å². The van der Waals surface area contributed by atoms with Gasteiger partial charge < -0.3 is 19.6 Å². The molecule has 11 aromatic carbocycles. The molecule has 0 aliphatic carbocycles. The summed E-state index contributed by atoms with van der Waals surface area (Å²) >= 11 is 0. The molecule has 3 heterocycles. The maximum absolute atomic E-state index is 4.70. The minimum atomic E-state index is -0.251. The molecule has 0 saturated carbocycles. The largest absolute Gasteiger partial charge is 0.341 e. The number of hydrogen-bond donors (Lipinski definition) is 0. The van der Waals surface area contributed by atoms with Gasteiger partial charge in [0, 0.05) is 35.3 Å². The van der Waals surface area contributed by atoms with Crippen molar-refractivity contribution < 1.29 is 0 Å². The summed E-state index contributed by atoms with van der Waals surface area (Å²) in [5, 5.41) is 7.27. The van der Waals surface area contributed by atoms with Crippen molar-refractivity contribution in [1.29, 1.82) is 0 Å². The van der Waals surface area contributed by atoms with E-state index in [0.717, 1.165) is 34.1 Å². The molecule has 68 heavy (non-hydrogen) atoms. The van der Waals surface area contributed by atoms with E-state index >= 15 is 0 Å². The minimum absolute atomic E-state index is 0.251. The zero-order chi connectivity index (χ0) is 45.2. The Morgan fingerprint density at radius 2 is 0.765 bits per heavy atom. The quantitative estimate of drug-likeness (QED) is 0.129. The number of fused-ring (bicyclic) bond motifs is 10.